The van der Waals surface area contributed by atoms with Gasteiger partial charge in [-0.15, -0.1) is 0 Å². The molecule has 0 unspecified atom stereocenters. The second-order valence-electron chi connectivity index (χ2n) is 4.99. The summed E-state index contributed by atoms with van der Waals surface area (Å²) in [5.74, 6) is -0.878. The van der Waals surface area contributed by atoms with Crippen LogP contribution in [0.15, 0.2) is 24.3 Å². The standard InChI is InChI=1S/C16H17FN2O2/c1-8-4-5-9(2)15(10(8)3)21-14-6-11(16(19)20)13(18)7-12(14)17/h4-7H,18H2,1-3H3,(H2,19,20). The summed E-state index contributed by atoms with van der Waals surface area (Å²) >= 11 is 0. The number of nitrogens with two attached hydrogens (primary N) is 2. The van der Waals surface area contributed by atoms with Crippen molar-refractivity contribution in [2.75, 3.05) is 5.73 Å². The Morgan fingerprint density at radius 1 is 1.14 bits per heavy atom. The van der Waals surface area contributed by atoms with Crippen LogP contribution in [-0.4, -0.2) is 5.91 Å². The maximum absolute atomic E-state index is 14.0. The van der Waals surface area contributed by atoms with Gasteiger partial charge in [-0.3, -0.25) is 4.79 Å². The maximum atomic E-state index is 14.0. The molecule has 0 bridgehead atoms. The third kappa shape index (κ3) is 2.81. The number of hydrogen-bond acceptors (Lipinski definition) is 3. The van der Waals surface area contributed by atoms with Crippen molar-refractivity contribution in [2.24, 2.45) is 5.73 Å². The largest absolute Gasteiger partial charge is 0.454 e. The molecule has 2 aromatic rings. The van der Waals surface area contributed by atoms with Gasteiger partial charge in [0.1, 0.15) is 5.75 Å². The van der Waals surface area contributed by atoms with Gasteiger partial charge < -0.3 is 16.2 Å². The van der Waals surface area contributed by atoms with Crippen LogP contribution in [0.4, 0.5) is 10.1 Å². The average molecular weight is 288 g/mol. The van der Waals surface area contributed by atoms with Gasteiger partial charge in [0.25, 0.3) is 5.91 Å². The van der Waals surface area contributed by atoms with Crippen LogP contribution in [0.5, 0.6) is 11.5 Å². The molecule has 0 saturated heterocycles. The number of amides is 1. The molecule has 0 heterocycles. The summed E-state index contributed by atoms with van der Waals surface area (Å²) in [4.78, 5) is 11.3. The minimum Gasteiger partial charge on any atom is -0.454 e. The first-order valence-corrected chi connectivity index (χ1v) is 6.44. The maximum Gasteiger partial charge on any atom is 0.250 e. The summed E-state index contributed by atoms with van der Waals surface area (Å²) in [6.45, 7) is 5.70. The van der Waals surface area contributed by atoms with Crippen LogP contribution >= 0.6 is 0 Å². The number of anilines is 1. The highest BCUT2D eigenvalue weighted by atomic mass is 19.1. The van der Waals surface area contributed by atoms with Crippen molar-refractivity contribution in [2.45, 2.75) is 20.8 Å². The summed E-state index contributed by atoms with van der Waals surface area (Å²) in [5, 5.41) is 0. The van der Waals surface area contributed by atoms with Crippen molar-refractivity contribution in [3.05, 3.63) is 52.3 Å². The first-order valence-electron chi connectivity index (χ1n) is 6.44. The number of ether oxygens (including phenoxy) is 1. The Bertz CT molecular complexity index is 727. The van der Waals surface area contributed by atoms with E-state index >= 15 is 0 Å². The first kappa shape index (κ1) is 14.8. The Balaban J connectivity index is 2.52. The van der Waals surface area contributed by atoms with Crippen molar-refractivity contribution in [3.63, 3.8) is 0 Å². The van der Waals surface area contributed by atoms with Crippen LogP contribution < -0.4 is 16.2 Å². The van der Waals surface area contributed by atoms with Crippen LogP contribution in [0, 0.1) is 26.6 Å². The topological polar surface area (TPSA) is 78.3 Å². The van der Waals surface area contributed by atoms with Crippen molar-refractivity contribution < 1.29 is 13.9 Å². The normalized spacial score (nSPS) is 10.5. The van der Waals surface area contributed by atoms with E-state index in [1.54, 1.807) is 0 Å². The molecule has 5 heteroatoms. The quantitative estimate of drug-likeness (QED) is 0.851. The fourth-order valence-electron chi connectivity index (χ4n) is 2.05. The molecule has 0 aromatic heterocycles. The predicted molar refractivity (Wildman–Crippen MR) is 80.1 cm³/mol. The van der Waals surface area contributed by atoms with E-state index in [2.05, 4.69) is 0 Å². The number of carbonyl (C=O) groups excluding carboxylic acids is 1. The number of benzene rings is 2. The van der Waals surface area contributed by atoms with E-state index < -0.39 is 11.7 Å². The zero-order valence-electron chi connectivity index (χ0n) is 12.2. The van der Waals surface area contributed by atoms with Gasteiger partial charge in [-0.05, 0) is 43.5 Å². The average Bonchev–Trinajstić information content (AvgIpc) is 2.41. The molecule has 0 fully saturated rings. The second-order valence-corrected chi connectivity index (χ2v) is 4.99. The lowest BCUT2D eigenvalue weighted by Gasteiger charge is -2.15. The summed E-state index contributed by atoms with van der Waals surface area (Å²) in [6, 6.07) is 6.12. The minimum atomic E-state index is -0.727. The molecule has 4 nitrogen and oxygen atoms in total. The molecule has 0 aliphatic carbocycles. The highest BCUT2D eigenvalue weighted by molar-refractivity contribution is 5.98. The zero-order valence-corrected chi connectivity index (χ0v) is 12.2. The van der Waals surface area contributed by atoms with Crippen LogP contribution in [-0.2, 0) is 0 Å². The summed E-state index contributed by atoms with van der Waals surface area (Å²) in [6.07, 6.45) is 0. The molecule has 4 N–H and O–H groups in total. The second kappa shape index (κ2) is 5.44. The Hall–Kier alpha value is -2.56. The van der Waals surface area contributed by atoms with Gasteiger partial charge >= 0.3 is 0 Å². The Morgan fingerprint density at radius 3 is 2.38 bits per heavy atom. The number of nitrogen functional groups attached to an aromatic ring is 1. The van der Waals surface area contributed by atoms with E-state index in [0.29, 0.717) is 5.75 Å². The van der Waals surface area contributed by atoms with Crippen molar-refractivity contribution >= 4 is 11.6 Å². The van der Waals surface area contributed by atoms with Crippen molar-refractivity contribution in [1.29, 1.82) is 0 Å². The Kier molecular flexibility index (Phi) is 3.84. The molecular weight excluding hydrogens is 271 g/mol. The number of carbonyl (C=O) groups is 1. The van der Waals surface area contributed by atoms with Gasteiger partial charge in [0.05, 0.1) is 5.56 Å². The molecule has 21 heavy (non-hydrogen) atoms. The number of rotatable bonds is 3. The lowest BCUT2D eigenvalue weighted by atomic mass is 10.1. The number of hydrogen-bond donors (Lipinski definition) is 2. The zero-order chi connectivity index (χ0) is 15.7. The molecule has 0 radical (unpaired) electrons. The van der Waals surface area contributed by atoms with Crippen LogP contribution in [0.3, 0.4) is 0 Å². The predicted octanol–water partition coefficient (Wildman–Crippen LogP) is 3.22. The lowest BCUT2D eigenvalue weighted by Crippen LogP contribution is -2.14. The molecule has 0 spiro atoms. The van der Waals surface area contributed by atoms with E-state index in [9.17, 15) is 9.18 Å². The van der Waals surface area contributed by atoms with Crippen LogP contribution in [0.2, 0.25) is 0 Å². The molecule has 2 rings (SSSR count). The van der Waals surface area contributed by atoms with Gasteiger partial charge in [-0.1, -0.05) is 12.1 Å². The third-order valence-electron chi connectivity index (χ3n) is 3.46. The van der Waals surface area contributed by atoms with E-state index in [1.165, 1.54) is 6.07 Å². The minimum absolute atomic E-state index is 0.00923. The van der Waals surface area contributed by atoms with Crippen molar-refractivity contribution in [3.8, 4) is 11.5 Å². The van der Waals surface area contributed by atoms with Crippen LogP contribution in [0.1, 0.15) is 27.0 Å². The fraction of sp³-hybridized carbons (Fsp3) is 0.188. The molecule has 0 aliphatic heterocycles. The smallest absolute Gasteiger partial charge is 0.250 e. The third-order valence-corrected chi connectivity index (χ3v) is 3.46. The summed E-state index contributed by atoms with van der Waals surface area (Å²) in [7, 11) is 0. The molecule has 0 saturated carbocycles. The SMILES string of the molecule is Cc1ccc(C)c(Oc2cc(C(N)=O)c(N)cc2F)c1C. The molecule has 0 atom stereocenters. The monoisotopic (exact) mass is 288 g/mol. The van der Waals surface area contributed by atoms with E-state index in [4.69, 9.17) is 16.2 Å². The summed E-state index contributed by atoms with van der Waals surface area (Å²) < 4.78 is 19.6. The Labute approximate surface area is 122 Å². The van der Waals surface area contributed by atoms with Gasteiger partial charge in [0, 0.05) is 11.8 Å². The Morgan fingerprint density at radius 2 is 1.76 bits per heavy atom. The van der Waals surface area contributed by atoms with Crippen molar-refractivity contribution in [1.82, 2.24) is 0 Å². The van der Waals surface area contributed by atoms with E-state index in [0.717, 1.165) is 22.8 Å². The van der Waals surface area contributed by atoms with E-state index in [1.807, 2.05) is 32.9 Å². The molecule has 1 amide bonds. The molecule has 0 aliphatic rings. The molecule has 2 aromatic carbocycles. The van der Waals surface area contributed by atoms with Gasteiger partial charge in [0.15, 0.2) is 11.6 Å². The number of halogens is 1. The highest BCUT2D eigenvalue weighted by Crippen LogP contribution is 2.33. The van der Waals surface area contributed by atoms with Gasteiger partial charge in [0.2, 0.25) is 0 Å². The van der Waals surface area contributed by atoms with Gasteiger partial charge in [-0.25, -0.2) is 4.39 Å². The van der Waals surface area contributed by atoms with E-state index in [-0.39, 0.29) is 17.0 Å². The molecule has 110 valence electrons. The first-order chi connectivity index (χ1) is 9.81. The molecular formula is C16H17FN2O2. The fourth-order valence-corrected chi connectivity index (χ4v) is 2.05. The number of primary amides is 1. The summed E-state index contributed by atoms with van der Waals surface area (Å²) in [5.41, 5.74) is 13.6. The van der Waals surface area contributed by atoms with Gasteiger partial charge in [-0.2, -0.15) is 0 Å². The van der Waals surface area contributed by atoms with Crippen LogP contribution in [0.25, 0.3) is 0 Å². The lowest BCUT2D eigenvalue weighted by molar-refractivity contribution is 0.100. The highest BCUT2D eigenvalue weighted by Gasteiger charge is 2.15. The number of aryl methyl sites for hydroxylation is 2.